The van der Waals surface area contributed by atoms with Gasteiger partial charge in [-0.05, 0) is 61.9 Å². The van der Waals surface area contributed by atoms with Crippen molar-refractivity contribution in [2.45, 2.75) is 32.2 Å². The molecule has 2 aliphatic rings. The standard InChI is InChI=1S/C21H28N2O/c1-2-6-19(7-3-1)9-13-22-12-5-10-21(17-22)11-14-23(18-21)16-20-8-4-15-24-20/h1-4,6-8,15H,5,9-14,16-18H2. The van der Waals surface area contributed by atoms with Gasteiger partial charge in [0.15, 0.2) is 0 Å². The number of piperidine rings is 1. The fourth-order valence-electron chi connectivity index (χ4n) is 4.55. The van der Waals surface area contributed by atoms with Gasteiger partial charge in [0.1, 0.15) is 5.76 Å². The van der Waals surface area contributed by atoms with Crippen LogP contribution in [-0.4, -0.2) is 42.5 Å². The smallest absolute Gasteiger partial charge is 0.117 e. The van der Waals surface area contributed by atoms with E-state index in [0.717, 1.165) is 12.3 Å². The van der Waals surface area contributed by atoms with E-state index in [4.69, 9.17) is 4.42 Å². The Morgan fingerprint density at radius 3 is 2.62 bits per heavy atom. The summed E-state index contributed by atoms with van der Waals surface area (Å²) in [5.74, 6) is 1.10. The molecule has 2 saturated heterocycles. The summed E-state index contributed by atoms with van der Waals surface area (Å²) in [5, 5.41) is 0. The summed E-state index contributed by atoms with van der Waals surface area (Å²) in [4.78, 5) is 5.28. The molecule has 1 aromatic carbocycles. The number of rotatable bonds is 5. The van der Waals surface area contributed by atoms with Crippen LogP contribution < -0.4 is 0 Å². The van der Waals surface area contributed by atoms with E-state index in [9.17, 15) is 0 Å². The quantitative estimate of drug-likeness (QED) is 0.834. The van der Waals surface area contributed by atoms with E-state index in [1.54, 1.807) is 6.26 Å². The van der Waals surface area contributed by atoms with Crippen LogP contribution >= 0.6 is 0 Å². The molecule has 0 bridgehead atoms. The second kappa shape index (κ2) is 7.12. The molecule has 0 radical (unpaired) electrons. The van der Waals surface area contributed by atoms with E-state index in [1.165, 1.54) is 64.0 Å². The van der Waals surface area contributed by atoms with Crippen LogP contribution in [0.1, 0.15) is 30.6 Å². The Bertz CT molecular complexity index is 625. The first-order valence-corrected chi connectivity index (χ1v) is 9.32. The van der Waals surface area contributed by atoms with Crippen LogP contribution in [0.25, 0.3) is 0 Å². The molecule has 1 atom stereocenters. The molecule has 3 heterocycles. The van der Waals surface area contributed by atoms with Crippen LogP contribution in [0, 0.1) is 5.41 Å². The molecule has 2 aliphatic heterocycles. The Morgan fingerprint density at radius 1 is 0.917 bits per heavy atom. The molecule has 0 amide bonds. The van der Waals surface area contributed by atoms with Crippen LogP contribution in [0.4, 0.5) is 0 Å². The van der Waals surface area contributed by atoms with Gasteiger partial charge in [-0.3, -0.25) is 4.90 Å². The first-order chi connectivity index (χ1) is 11.8. The normalized spacial score (nSPS) is 25.5. The van der Waals surface area contributed by atoms with Gasteiger partial charge in [0, 0.05) is 19.6 Å². The van der Waals surface area contributed by atoms with Crippen molar-refractivity contribution in [3.63, 3.8) is 0 Å². The Hall–Kier alpha value is -1.58. The van der Waals surface area contributed by atoms with Crippen molar-refractivity contribution in [1.82, 2.24) is 9.80 Å². The third kappa shape index (κ3) is 3.73. The fourth-order valence-corrected chi connectivity index (χ4v) is 4.55. The van der Waals surface area contributed by atoms with Gasteiger partial charge in [0.2, 0.25) is 0 Å². The Labute approximate surface area is 145 Å². The lowest BCUT2D eigenvalue weighted by Gasteiger charge is -2.40. The van der Waals surface area contributed by atoms with Gasteiger partial charge in [-0.1, -0.05) is 30.3 Å². The lowest BCUT2D eigenvalue weighted by Crippen LogP contribution is -2.45. The zero-order chi connectivity index (χ0) is 16.2. The second-order valence-electron chi connectivity index (χ2n) is 7.66. The fraction of sp³-hybridized carbons (Fsp3) is 0.524. The summed E-state index contributed by atoms with van der Waals surface area (Å²) in [6, 6.07) is 15.0. The zero-order valence-corrected chi connectivity index (χ0v) is 14.5. The third-order valence-electron chi connectivity index (χ3n) is 5.78. The highest BCUT2D eigenvalue weighted by Crippen LogP contribution is 2.39. The largest absolute Gasteiger partial charge is 0.468 e. The number of hydrogen-bond donors (Lipinski definition) is 0. The average Bonchev–Trinajstić information content (AvgIpc) is 3.25. The molecule has 3 nitrogen and oxygen atoms in total. The maximum atomic E-state index is 5.53. The van der Waals surface area contributed by atoms with Crippen molar-refractivity contribution in [3.8, 4) is 0 Å². The Balaban J connectivity index is 1.31. The van der Waals surface area contributed by atoms with Gasteiger partial charge in [0.05, 0.1) is 12.8 Å². The molecule has 1 spiro atoms. The molecule has 0 N–H and O–H groups in total. The lowest BCUT2D eigenvalue weighted by molar-refractivity contribution is 0.0919. The van der Waals surface area contributed by atoms with Gasteiger partial charge in [-0.25, -0.2) is 0 Å². The molecule has 1 unspecified atom stereocenters. The van der Waals surface area contributed by atoms with Gasteiger partial charge < -0.3 is 9.32 Å². The number of nitrogens with zero attached hydrogens (tertiary/aromatic N) is 2. The molecule has 0 saturated carbocycles. The van der Waals surface area contributed by atoms with Crippen molar-refractivity contribution in [1.29, 1.82) is 0 Å². The summed E-state index contributed by atoms with van der Waals surface area (Å²) in [6.45, 7) is 7.16. The highest BCUT2D eigenvalue weighted by molar-refractivity contribution is 5.15. The minimum Gasteiger partial charge on any atom is -0.468 e. The average molecular weight is 324 g/mol. The SMILES string of the molecule is c1ccc(CCN2CCCC3(CCN(Cc4ccco4)C3)C2)cc1. The van der Waals surface area contributed by atoms with Crippen LogP contribution in [0.2, 0.25) is 0 Å². The molecular weight excluding hydrogens is 296 g/mol. The summed E-state index contributed by atoms with van der Waals surface area (Å²) < 4.78 is 5.53. The number of benzene rings is 1. The maximum absolute atomic E-state index is 5.53. The summed E-state index contributed by atoms with van der Waals surface area (Å²) in [5.41, 5.74) is 1.98. The molecule has 24 heavy (non-hydrogen) atoms. The van der Waals surface area contributed by atoms with E-state index in [-0.39, 0.29) is 0 Å². The molecule has 2 aromatic rings. The van der Waals surface area contributed by atoms with Gasteiger partial charge in [-0.15, -0.1) is 0 Å². The molecule has 4 rings (SSSR count). The third-order valence-corrected chi connectivity index (χ3v) is 5.78. The van der Waals surface area contributed by atoms with Crippen molar-refractivity contribution >= 4 is 0 Å². The topological polar surface area (TPSA) is 19.6 Å². The van der Waals surface area contributed by atoms with Crippen LogP contribution in [-0.2, 0) is 13.0 Å². The van der Waals surface area contributed by atoms with Crippen LogP contribution in [0.5, 0.6) is 0 Å². The first-order valence-electron chi connectivity index (χ1n) is 9.32. The Morgan fingerprint density at radius 2 is 1.79 bits per heavy atom. The van der Waals surface area contributed by atoms with E-state index in [0.29, 0.717) is 5.41 Å². The highest BCUT2D eigenvalue weighted by Gasteiger charge is 2.41. The molecule has 3 heteroatoms. The molecule has 2 fully saturated rings. The second-order valence-corrected chi connectivity index (χ2v) is 7.66. The zero-order valence-electron chi connectivity index (χ0n) is 14.5. The summed E-state index contributed by atoms with van der Waals surface area (Å²) in [6.07, 6.45) is 7.04. The van der Waals surface area contributed by atoms with E-state index in [2.05, 4.69) is 46.2 Å². The van der Waals surface area contributed by atoms with Crippen LogP contribution in [0.15, 0.2) is 53.1 Å². The maximum Gasteiger partial charge on any atom is 0.117 e. The predicted octanol–water partition coefficient (Wildman–Crippen LogP) is 3.81. The van der Waals surface area contributed by atoms with E-state index < -0.39 is 0 Å². The van der Waals surface area contributed by atoms with E-state index >= 15 is 0 Å². The van der Waals surface area contributed by atoms with Gasteiger partial charge in [-0.2, -0.15) is 0 Å². The lowest BCUT2D eigenvalue weighted by atomic mass is 9.79. The van der Waals surface area contributed by atoms with Gasteiger partial charge >= 0.3 is 0 Å². The van der Waals surface area contributed by atoms with Crippen LogP contribution in [0.3, 0.4) is 0 Å². The minimum absolute atomic E-state index is 0.515. The first kappa shape index (κ1) is 15.9. The van der Waals surface area contributed by atoms with Crippen molar-refractivity contribution < 1.29 is 4.42 Å². The number of furan rings is 1. The van der Waals surface area contributed by atoms with Gasteiger partial charge in [0.25, 0.3) is 0 Å². The van der Waals surface area contributed by atoms with Crippen molar-refractivity contribution in [3.05, 3.63) is 60.1 Å². The van der Waals surface area contributed by atoms with Crippen molar-refractivity contribution in [2.24, 2.45) is 5.41 Å². The molecule has 128 valence electrons. The summed E-state index contributed by atoms with van der Waals surface area (Å²) in [7, 11) is 0. The molecule has 1 aromatic heterocycles. The predicted molar refractivity (Wildman–Crippen MR) is 96.9 cm³/mol. The van der Waals surface area contributed by atoms with Crippen molar-refractivity contribution in [2.75, 3.05) is 32.7 Å². The Kier molecular flexibility index (Phi) is 4.72. The highest BCUT2D eigenvalue weighted by atomic mass is 16.3. The number of hydrogen-bond acceptors (Lipinski definition) is 3. The molecular formula is C21H28N2O. The minimum atomic E-state index is 0.515. The number of likely N-dealkylation sites (tertiary alicyclic amines) is 2. The van der Waals surface area contributed by atoms with E-state index in [1.807, 2.05) is 6.07 Å². The molecule has 0 aliphatic carbocycles. The summed E-state index contributed by atoms with van der Waals surface area (Å²) >= 11 is 0. The monoisotopic (exact) mass is 324 g/mol.